The average molecular weight is 536 g/mol. The molecule has 2 aromatic rings. The first-order chi connectivity index (χ1) is 18.0. The Hall–Kier alpha value is -4.83. The fourth-order valence-electron chi connectivity index (χ4n) is 2.35. The monoisotopic (exact) mass is 536 g/mol. The summed E-state index contributed by atoms with van der Waals surface area (Å²) in [4.78, 5) is 50.1. The van der Waals surface area contributed by atoms with E-state index in [1.165, 1.54) is 50.4 Å². The second-order valence-electron chi connectivity index (χ2n) is 6.68. The lowest BCUT2D eigenvalue weighted by atomic mass is 10.2. The first-order valence-electron chi connectivity index (χ1n) is 10.5. The number of esters is 3. The molecule has 0 spiro atoms. The molecule has 0 N–H and O–H groups in total. The van der Waals surface area contributed by atoms with E-state index in [4.69, 9.17) is 19.1 Å². The average Bonchev–Trinajstić information content (AvgIpc) is 2.91. The van der Waals surface area contributed by atoms with Crippen LogP contribution in [0.5, 0.6) is 11.5 Å². The number of carbonyl (C=O) groups excluding carboxylic acids is 5. The molecule has 0 aliphatic rings. The third-order valence-electron chi connectivity index (χ3n) is 4.36. The third-order valence-corrected chi connectivity index (χ3v) is 4.36. The van der Waals surface area contributed by atoms with E-state index in [9.17, 15) is 23.2 Å². The fourth-order valence-corrected chi connectivity index (χ4v) is 2.35. The maximum Gasteiger partial charge on any atom is 0.374 e. The van der Waals surface area contributed by atoms with Crippen molar-refractivity contribution in [3.8, 4) is 11.5 Å². The van der Waals surface area contributed by atoms with E-state index >= 15 is 0 Å². The number of benzene rings is 2. The van der Waals surface area contributed by atoms with Gasteiger partial charge in [-0.25, -0.2) is 23.2 Å². The van der Waals surface area contributed by atoms with Gasteiger partial charge in [-0.05, 0) is 51.1 Å². The summed E-state index contributed by atoms with van der Waals surface area (Å²) in [6, 6.07) is 8.57. The highest BCUT2D eigenvalue weighted by molar-refractivity contribution is 5.95. The van der Waals surface area contributed by atoms with Gasteiger partial charge in [-0.2, -0.15) is 9.59 Å². The highest BCUT2D eigenvalue weighted by atomic mass is 19.1. The van der Waals surface area contributed by atoms with Crippen LogP contribution in [-0.4, -0.2) is 45.4 Å². The van der Waals surface area contributed by atoms with Crippen molar-refractivity contribution in [3.63, 3.8) is 0 Å². The summed E-state index contributed by atoms with van der Waals surface area (Å²) in [5.41, 5.74) is 0.563. The van der Waals surface area contributed by atoms with Crippen molar-refractivity contribution in [2.24, 2.45) is 0 Å². The SMILES string of the molecule is C/C=C(\Oc1cccc(F)c1C)C(=O)OC.COC(=O)/C=C(/Oc1cccc(F)c1C)C(=O)OC.O=C=O. The molecule has 10 nitrogen and oxygen atoms in total. The van der Waals surface area contributed by atoms with Gasteiger partial charge in [0.05, 0.1) is 27.4 Å². The number of hydrogen-bond acceptors (Lipinski definition) is 10. The minimum atomic E-state index is -0.867. The molecule has 0 fully saturated rings. The zero-order valence-electron chi connectivity index (χ0n) is 21.5. The molecule has 0 aliphatic carbocycles. The van der Waals surface area contributed by atoms with Crippen LogP contribution in [0.1, 0.15) is 18.1 Å². The van der Waals surface area contributed by atoms with Crippen LogP contribution in [0.25, 0.3) is 0 Å². The number of hydrogen-bond donors (Lipinski definition) is 0. The predicted molar refractivity (Wildman–Crippen MR) is 126 cm³/mol. The maximum absolute atomic E-state index is 13.3. The van der Waals surface area contributed by atoms with E-state index in [1.807, 2.05) is 0 Å². The van der Waals surface area contributed by atoms with Crippen LogP contribution in [-0.2, 0) is 38.2 Å². The van der Waals surface area contributed by atoms with Gasteiger partial charge in [0.1, 0.15) is 23.1 Å². The number of allylic oxidation sites excluding steroid dienone is 1. The summed E-state index contributed by atoms with van der Waals surface area (Å²) in [6.07, 6.45) is 2.55. The van der Waals surface area contributed by atoms with Crippen LogP contribution < -0.4 is 9.47 Å². The van der Waals surface area contributed by atoms with Crippen molar-refractivity contribution in [2.75, 3.05) is 21.3 Å². The molecule has 0 aliphatic heterocycles. The molecule has 0 radical (unpaired) electrons. The second kappa shape index (κ2) is 17.6. The highest BCUT2D eigenvalue weighted by Gasteiger charge is 2.17. The maximum atomic E-state index is 13.3. The molecule has 0 saturated heterocycles. The van der Waals surface area contributed by atoms with Crippen molar-refractivity contribution in [1.29, 1.82) is 0 Å². The second-order valence-corrected chi connectivity index (χ2v) is 6.68. The van der Waals surface area contributed by atoms with Gasteiger partial charge in [0, 0.05) is 11.1 Å². The fraction of sp³-hybridized carbons (Fsp3) is 0.231. The zero-order valence-corrected chi connectivity index (χ0v) is 21.5. The molecule has 2 rings (SSSR count). The predicted octanol–water partition coefficient (Wildman–Crippen LogP) is 3.75. The molecule has 204 valence electrons. The summed E-state index contributed by atoms with van der Waals surface area (Å²) >= 11 is 0. The largest absolute Gasteiger partial charge is 0.466 e. The van der Waals surface area contributed by atoms with Crippen LogP contribution in [0, 0.1) is 25.5 Å². The number of ether oxygens (including phenoxy) is 5. The van der Waals surface area contributed by atoms with Crippen LogP contribution in [0.2, 0.25) is 0 Å². The quantitative estimate of drug-likeness (QED) is 0.223. The molecule has 0 amide bonds. The Morgan fingerprint density at radius 3 is 1.50 bits per heavy atom. The van der Waals surface area contributed by atoms with Gasteiger partial charge >= 0.3 is 24.1 Å². The summed E-state index contributed by atoms with van der Waals surface area (Å²) in [5.74, 6) is -3.04. The molecular weight excluding hydrogens is 510 g/mol. The first kappa shape index (κ1) is 33.2. The van der Waals surface area contributed by atoms with Crippen molar-refractivity contribution in [2.45, 2.75) is 20.8 Å². The normalized spacial score (nSPS) is 10.3. The first-order valence-corrected chi connectivity index (χ1v) is 10.5. The smallest absolute Gasteiger partial charge is 0.374 e. The summed E-state index contributed by atoms with van der Waals surface area (Å²) < 4.78 is 50.4. The summed E-state index contributed by atoms with van der Waals surface area (Å²) in [5, 5.41) is 0. The lowest BCUT2D eigenvalue weighted by Gasteiger charge is -2.10. The van der Waals surface area contributed by atoms with Crippen LogP contribution in [0.15, 0.2) is 60.1 Å². The number of carbonyl (C=O) groups is 3. The van der Waals surface area contributed by atoms with Crippen molar-refractivity contribution in [3.05, 3.63) is 82.8 Å². The number of methoxy groups -OCH3 is 3. The summed E-state index contributed by atoms with van der Waals surface area (Å²) in [7, 11) is 3.55. The third kappa shape index (κ3) is 10.8. The summed E-state index contributed by atoms with van der Waals surface area (Å²) in [6.45, 7) is 4.70. The zero-order chi connectivity index (χ0) is 29.3. The topological polar surface area (TPSA) is 132 Å². The van der Waals surface area contributed by atoms with E-state index in [2.05, 4.69) is 14.2 Å². The van der Waals surface area contributed by atoms with E-state index in [-0.39, 0.29) is 34.8 Å². The van der Waals surface area contributed by atoms with Crippen LogP contribution >= 0.6 is 0 Å². The van der Waals surface area contributed by atoms with Gasteiger partial charge in [0.2, 0.25) is 11.5 Å². The van der Waals surface area contributed by atoms with Gasteiger partial charge in [-0.3, -0.25) is 0 Å². The number of halogens is 2. The number of rotatable bonds is 7. The highest BCUT2D eigenvalue weighted by Crippen LogP contribution is 2.23. The Labute approximate surface area is 217 Å². The molecule has 0 aromatic heterocycles. The molecule has 0 heterocycles. The van der Waals surface area contributed by atoms with Gasteiger partial charge in [0.15, 0.2) is 0 Å². The Bertz CT molecular complexity index is 1210. The van der Waals surface area contributed by atoms with Crippen molar-refractivity contribution < 1.29 is 56.4 Å². The Kier molecular flexibility index (Phi) is 15.3. The van der Waals surface area contributed by atoms with E-state index in [0.29, 0.717) is 11.3 Å². The Balaban J connectivity index is 0.000000660. The van der Waals surface area contributed by atoms with Gasteiger partial charge in [-0.15, -0.1) is 0 Å². The van der Waals surface area contributed by atoms with E-state index in [1.54, 1.807) is 19.9 Å². The van der Waals surface area contributed by atoms with E-state index < -0.39 is 23.7 Å². The molecule has 12 heteroatoms. The van der Waals surface area contributed by atoms with E-state index in [0.717, 1.165) is 20.3 Å². The molecule has 0 unspecified atom stereocenters. The lowest BCUT2D eigenvalue weighted by molar-refractivity contribution is -0.191. The van der Waals surface area contributed by atoms with Crippen LogP contribution in [0.4, 0.5) is 8.78 Å². The molecular formula is C26H26F2O10. The minimum Gasteiger partial charge on any atom is -0.466 e. The van der Waals surface area contributed by atoms with Gasteiger partial charge in [0.25, 0.3) is 0 Å². The molecule has 38 heavy (non-hydrogen) atoms. The minimum absolute atomic E-state index is 0.0381. The lowest BCUT2D eigenvalue weighted by Crippen LogP contribution is -2.14. The Morgan fingerprint density at radius 2 is 1.13 bits per heavy atom. The van der Waals surface area contributed by atoms with Crippen molar-refractivity contribution >= 4 is 24.1 Å². The molecule has 0 atom stereocenters. The standard InChI is InChI=1S/C13H13FO5.C12H13FO3.CO2/c1-8-9(14)5-4-6-10(8)19-11(13(16)18-3)7-12(15)17-2;1-4-10(12(14)15-3)16-11-7-5-6-9(13)8(11)2;2-1-3/h4-7H,1-3H3;4-7H,1-3H3;/b11-7+;10-4-;. The van der Waals surface area contributed by atoms with Gasteiger partial charge < -0.3 is 23.7 Å². The van der Waals surface area contributed by atoms with Gasteiger partial charge in [-0.1, -0.05) is 12.1 Å². The molecule has 0 bridgehead atoms. The van der Waals surface area contributed by atoms with Crippen molar-refractivity contribution in [1.82, 2.24) is 0 Å². The van der Waals surface area contributed by atoms with Crippen LogP contribution in [0.3, 0.4) is 0 Å². The molecule has 0 saturated carbocycles. The Morgan fingerprint density at radius 1 is 0.737 bits per heavy atom. The molecule has 2 aromatic carbocycles.